The van der Waals surface area contributed by atoms with Crippen LogP contribution in [0.25, 0.3) is 0 Å². The SMILES string of the molecule is C=C(C)[C@@H]1CC[C@]23CC[C@@]4(CC[C@@H](C(=C)C)C[C@@]4(O)O2)O[C@]3(O)C1. The van der Waals surface area contributed by atoms with E-state index < -0.39 is 22.8 Å². The summed E-state index contributed by atoms with van der Waals surface area (Å²) >= 11 is 0. The van der Waals surface area contributed by atoms with Gasteiger partial charge in [-0.2, -0.15) is 0 Å². The van der Waals surface area contributed by atoms with Crippen LogP contribution in [0, 0.1) is 11.8 Å². The summed E-state index contributed by atoms with van der Waals surface area (Å²) in [5.41, 5.74) is 0.600. The van der Waals surface area contributed by atoms with E-state index in [0.29, 0.717) is 25.7 Å². The predicted molar refractivity (Wildman–Crippen MR) is 91.1 cm³/mol. The van der Waals surface area contributed by atoms with Gasteiger partial charge in [0.1, 0.15) is 11.2 Å². The monoisotopic (exact) mass is 334 g/mol. The average Bonchev–Trinajstić information content (AvgIpc) is 2.50. The molecule has 2 N–H and O–H groups in total. The Labute approximate surface area is 144 Å². The first-order valence-corrected chi connectivity index (χ1v) is 9.30. The van der Waals surface area contributed by atoms with Crippen LogP contribution in [-0.4, -0.2) is 33.0 Å². The largest absolute Gasteiger partial charge is 0.363 e. The Morgan fingerprint density at radius 2 is 1.17 bits per heavy atom. The van der Waals surface area contributed by atoms with Gasteiger partial charge in [0, 0.05) is 12.8 Å². The lowest BCUT2D eigenvalue weighted by Crippen LogP contribution is -2.81. The van der Waals surface area contributed by atoms with Crippen LogP contribution in [0.15, 0.2) is 24.3 Å². The first-order chi connectivity index (χ1) is 11.1. The second-order valence-electron chi connectivity index (χ2n) is 8.83. The normalized spacial score (nSPS) is 53.2. The zero-order chi connectivity index (χ0) is 17.4. The number of aliphatic hydroxyl groups is 2. The summed E-state index contributed by atoms with van der Waals surface area (Å²) in [6.45, 7) is 12.2. The summed E-state index contributed by atoms with van der Waals surface area (Å²) < 4.78 is 12.8. The lowest BCUT2D eigenvalue weighted by molar-refractivity contribution is -0.528. The molecule has 134 valence electrons. The summed E-state index contributed by atoms with van der Waals surface area (Å²) in [5.74, 6) is -2.12. The number of ether oxygens (including phenoxy) is 2. The molecule has 4 nitrogen and oxygen atoms in total. The summed E-state index contributed by atoms with van der Waals surface area (Å²) in [6, 6.07) is 0. The lowest BCUT2D eigenvalue weighted by atomic mass is 9.59. The third-order valence-electron chi connectivity index (χ3n) is 7.32. The van der Waals surface area contributed by atoms with Crippen LogP contribution in [-0.2, 0) is 9.47 Å². The highest BCUT2D eigenvalue weighted by Crippen LogP contribution is 2.65. The fourth-order valence-electron chi connectivity index (χ4n) is 5.61. The van der Waals surface area contributed by atoms with Gasteiger partial charge in [-0.25, -0.2) is 0 Å². The van der Waals surface area contributed by atoms with E-state index in [4.69, 9.17) is 9.47 Å². The lowest BCUT2D eigenvalue weighted by Gasteiger charge is -2.70. The third kappa shape index (κ3) is 2.00. The second-order valence-corrected chi connectivity index (χ2v) is 8.83. The van der Waals surface area contributed by atoms with E-state index in [1.54, 1.807) is 0 Å². The van der Waals surface area contributed by atoms with Crippen LogP contribution in [0.4, 0.5) is 0 Å². The zero-order valence-electron chi connectivity index (χ0n) is 14.9. The molecule has 24 heavy (non-hydrogen) atoms. The number of hydrogen-bond donors (Lipinski definition) is 2. The number of allylic oxidation sites excluding steroid dienone is 2. The summed E-state index contributed by atoms with van der Waals surface area (Å²) in [7, 11) is 0. The van der Waals surface area contributed by atoms with Crippen molar-refractivity contribution in [2.75, 3.05) is 0 Å². The van der Waals surface area contributed by atoms with Crippen LogP contribution in [0.3, 0.4) is 0 Å². The zero-order valence-corrected chi connectivity index (χ0v) is 14.9. The van der Waals surface area contributed by atoms with Crippen molar-refractivity contribution >= 4 is 0 Å². The van der Waals surface area contributed by atoms with Crippen molar-refractivity contribution in [3.63, 3.8) is 0 Å². The molecule has 0 unspecified atom stereocenters. The molecule has 5 aliphatic rings. The molecule has 5 rings (SSSR count). The topological polar surface area (TPSA) is 58.9 Å². The van der Waals surface area contributed by atoms with E-state index >= 15 is 0 Å². The molecule has 6 atom stereocenters. The Hall–Kier alpha value is -0.680. The Morgan fingerprint density at radius 1 is 0.792 bits per heavy atom. The number of rotatable bonds is 2. The maximum atomic E-state index is 11.4. The van der Waals surface area contributed by atoms with Crippen molar-refractivity contribution in [2.24, 2.45) is 11.8 Å². The fourth-order valence-corrected chi connectivity index (χ4v) is 5.61. The number of hydrogen-bond acceptors (Lipinski definition) is 4. The van der Waals surface area contributed by atoms with Crippen molar-refractivity contribution in [1.29, 1.82) is 0 Å². The van der Waals surface area contributed by atoms with Crippen molar-refractivity contribution in [1.82, 2.24) is 0 Å². The fraction of sp³-hybridized carbons (Fsp3) is 0.800. The minimum absolute atomic E-state index is 0.250. The van der Waals surface area contributed by atoms with Gasteiger partial charge in [-0.15, -0.1) is 0 Å². The Balaban J connectivity index is 1.69. The third-order valence-corrected chi connectivity index (χ3v) is 7.32. The molecule has 4 heteroatoms. The van der Waals surface area contributed by atoms with E-state index in [1.165, 1.54) is 0 Å². The Kier molecular flexibility index (Phi) is 3.45. The molecular formula is C20H30O4. The molecule has 0 aromatic rings. The van der Waals surface area contributed by atoms with Crippen molar-refractivity contribution in [2.45, 2.75) is 88.0 Å². The number of fused-ring (bicyclic) bond motifs is 1. The van der Waals surface area contributed by atoms with Crippen LogP contribution < -0.4 is 0 Å². The highest BCUT2D eigenvalue weighted by Gasteiger charge is 2.75. The molecule has 3 aliphatic heterocycles. The van der Waals surface area contributed by atoms with Gasteiger partial charge in [0.15, 0.2) is 11.6 Å². The van der Waals surface area contributed by atoms with E-state index in [2.05, 4.69) is 13.2 Å². The molecular weight excluding hydrogens is 304 g/mol. The van der Waals surface area contributed by atoms with Gasteiger partial charge >= 0.3 is 0 Å². The van der Waals surface area contributed by atoms with E-state index in [9.17, 15) is 10.2 Å². The maximum absolute atomic E-state index is 11.4. The average molecular weight is 334 g/mol. The van der Waals surface area contributed by atoms with Crippen LogP contribution >= 0.6 is 0 Å². The van der Waals surface area contributed by atoms with Crippen molar-refractivity contribution < 1.29 is 19.7 Å². The van der Waals surface area contributed by atoms with Gasteiger partial charge in [-0.3, -0.25) is 0 Å². The highest BCUT2D eigenvalue weighted by molar-refractivity contribution is 5.21. The van der Waals surface area contributed by atoms with Crippen LogP contribution in [0.1, 0.15) is 65.2 Å². The van der Waals surface area contributed by atoms with Gasteiger partial charge in [0.25, 0.3) is 0 Å². The molecule has 5 fully saturated rings. The van der Waals surface area contributed by atoms with E-state index in [-0.39, 0.29) is 11.8 Å². The van der Waals surface area contributed by atoms with Gasteiger partial charge in [-0.05, 0) is 64.2 Å². The maximum Gasteiger partial charge on any atom is 0.196 e. The van der Waals surface area contributed by atoms with Crippen LogP contribution in [0.5, 0.6) is 0 Å². The minimum atomic E-state index is -1.31. The van der Waals surface area contributed by atoms with Crippen molar-refractivity contribution in [3.05, 3.63) is 24.3 Å². The Morgan fingerprint density at radius 3 is 1.50 bits per heavy atom. The van der Waals surface area contributed by atoms with E-state index in [0.717, 1.165) is 36.8 Å². The van der Waals surface area contributed by atoms with Gasteiger partial charge in [-0.1, -0.05) is 24.3 Å². The minimum Gasteiger partial charge on any atom is -0.363 e. The highest BCUT2D eigenvalue weighted by atomic mass is 16.8. The van der Waals surface area contributed by atoms with Gasteiger partial charge in [0.2, 0.25) is 0 Å². The first-order valence-electron chi connectivity index (χ1n) is 9.30. The summed E-state index contributed by atoms with van der Waals surface area (Å²) in [4.78, 5) is 0. The Bertz CT molecular complexity index is 548. The molecule has 2 aliphatic carbocycles. The standard InChI is InChI=1S/C20H30O4/c1-13(2)15-5-7-17-9-10-18(23-19(17,21)11-15)8-6-16(14(3)4)12-20(18,22)24-17/h15-16,21-22H,1,3,5-12H2,2,4H3/t15-,16-,17-,18-,19-,20-/m1/s1. The molecule has 3 saturated heterocycles. The van der Waals surface area contributed by atoms with Crippen molar-refractivity contribution in [3.8, 4) is 0 Å². The van der Waals surface area contributed by atoms with Gasteiger partial charge in [0.05, 0.1) is 0 Å². The molecule has 2 saturated carbocycles. The molecule has 3 heterocycles. The second kappa shape index (κ2) is 4.94. The predicted octanol–water partition coefficient (Wildman–Crippen LogP) is 3.43. The summed E-state index contributed by atoms with van der Waals surface area (Å²) in [5, 5.41) is 22.8. The molecule has 0 aromatic heterocycles. The van der Waals surface area contributed by atoms with E-state index in [1.807, 2.05) is 13.8 Å². The molecule has 0 amide bonds. The molecule has 0 radical (unpaired) electrons. The molecule has 2 spiro atoms. The molecule has 2 bridgehead atoms. The quantitative estimate of drug-likeness (QED) is 0.760. The molecule has 0 aromatic carbocycles. The van der Waals surface area contributed by atoms with Crippen LogP contribution in [0.2, 0.25) is 0 Å². The smallest absolute Gasteiger partial charge is 0.196 e. The first kappa shape index (κ1) is 16.8. The summed E-state index contributed by atoms with van der Waals surface area (Å²) in [6.07, 6.45) is 5.81. The van der Waals surface area contributed by atoms with Gasteiger partial charge < -0.3 is 19.7 Å².